The maximum atomic E-state index is 12.6. The topological polar surface area (TPSA) is 59.0 Å². The Morgan fingerprint density at radius 3 is 2.39 bits per heavy atom. The molecule has 1 saturated carbocycles. The number of hydrogen-bond donors (Lipinski definition) is 1. The second-order valence-electron chi connectivity index (χ2n) is 8.59. The van der Waals surface area contributed by atoms with Crippen LogP contribution >= 0.6 is 0 Å². The molecule has 1 aliphatic rings. The summed E-state index contributed by atoms with van der Waals surface area (Å²) in [6.07, 6.45) is 8.28. The van der Waals surface area contributed by atoms with E-state index in [0.717, 1.165) is 57.5 Å². The van der Waals surface area contributed by atoms with Crippen molar-refractivity contribution in [2.45, 2.75) is 57.6 Å². The van der Waals surface area contributed by atoms with Crippen LogP contribution in [0.4, 0.5) is 0 Å². The summed E-state index contributed by atoms with van der Waals surface area (Å²) in [5.74, 6) is 2.89. The minimum Gasteiger partial charge on any atom is -0.497 e. The van der Waals surface area contributed by atoms with Crippen molar-refractivity contribution < 1.29 is 19.4 Å². The molecule has 2 aromatic carbocycles. The summed E-state index contributed by atoms with van der Waals surface area (Å²) in [4.78, 5) is 14.9. The van der Waals surface area contributed by atoms with Gasteiger partial charge in [0.05, 0.1) is 7.11 Å². The predicted molar refractivity (Wildman–Crippen MR) is 130 cm³/mol. The van der Waals surface area contributed by atoms with Gasteiger partial charge in [-0.05, 0) is 37.1 Å². The molecular weight excluding hydrogens is 414 g/mol. The molecule has 5 heteroatoms. The average molecular weight is 450 g/mol. The van der Waals surface area contributed by atoms with Crippen LogP contribution in [0.15, 0.2) is 54.6 Å². The minimum atomic E-state index is -1.41. The number of carboxylic acids is 1. The Hall–Kier alpha value is -2.97. The molecule has 0 aliphatic heterocycles. The predicted octanol–water partition coefficient (Wildman–Crippen LogP) is 5.45. The van der Waals surface area contributed by atoms with Gasteiger partial charge in [-0.3, -0.25) is 4.90 Å². The number of benzene rings is 2. The van der Waals surface area contributed by atoms with Gasteiger partial charge in [0.1, 0.15) is 11.9 Å². The van der Waals surface area contributed by atoms with Gasteiger partial charge in [-0.2, -0.15) is 0 Å². The lowest BCUT2D eigenvalue weighted by molar-refractivity contribution is -0.167. The highest BCUT2D eigenvalue weighted by Gasteiger charge is 2.50. The van der Waals surface area contributed by atoms with Gasteiger partial charge in [-0.25, -0.2) is 4.79 Å². The lowest BCUT2D eigenvalue weighted by Gasteiger charge is -2.37. The van der Waals surface area contributed by atoms with Crippen molar-refractivity contribution in [1.82, 2.24) is 4.90 Å². The Morgan fingerprint density at radius 1 is 1.09 bits per heavy atom. The maximum Gasteiger partial charge on any atom is 0.354 e. The van der Waals surface area contributed by atoms with Crippen molar-refractivity contribution in [3.05, 3.63) is 65.7 Å². The van der Waals surface area contributed by atoms with E-state index in [2.05, 4.69) is 36.0 Å². The van der Waals surface area contributed by atoms with Crippen molar-refractivity contribution in [2.24, 2.45) is 5.92 Å². The molecule has 1 fully saturated rings. The standard InChI is InChI=1S/C28H35NO4/c1-3-29(22-23-16-18-26(32-2)19-17-23)20-10-11-21-33-28(27(30)31,24-12-6-4-7-13-24)25-14-8-5-9-15-25/h4,6-7,12-13,16-19,25H,3,5,8-10,14-15,20,22H2,1-2H3,(H,30,31). The summed E-state index contributed by atoms with van der Waals surface area (Å²) in [6.45, 7) is 4.64. The molecule has 1 atom stereocenters. The van der Waals surface area contributed by atoms with Gasteiger partial charge in [0, 0.05) is 31.0 Å². The third-order valence-corrected chi connectivity index (χ3v) is 6.55. The number of aliphatic carboxylic acids is 1. The quantitative estimate of drug-likeness (QED) is 0.489. The molecule has 1 unspecified atom stereocenters. The summed E-state index contributed by atoms with van der Waals surface area (Å²) in [7, 11) is 1.67. The number of methoxy groups -OCH3 is 1. The molecular formula is C28H35NO4. The van der Waals surface area contributed by atoms with Crippen molar-refractivity contribution in [2.75, 3.05) is 20.2 Å². The van der Waals surface area contributed by atoms with Crippen molar-refractivity contribution in [3.8, 4) is 17.8 Å². The molecule has 0 heterocycles. The van der Waals surface area contributed by atoms with Crippen LogP contribution < -0.4 is 4.74 Å². The second kappa shape index (κ2) is 12.3. The molecule has 2 aromatic rings. The van der Waals surface area contributed by atoms with Crippen LogP contribution in [0.5, 0.6) is 5.75 Å². The molecule has 1 N–H and O–H groups in total. The third kappa shape index (κ3) is 6.30. The molecule has 33 heavy (non-hydrogen) atoms. The molecule has 0 bridgehead atoms. The summed E-state index contributed by atoms with van der Waals surface area (Å²) in [5.41, 5.74) is 0.476. The van der Waals surface area contributed by atoms with E-state index >= 15 is 0 Å². The summed E-state index contributed by atoms with van der Waals surface area (Å²) in [5, 5.41) is 10.3. The summed E-state index contributed by atoms with van der Waals surface area (Å²) >= 11 is 0. The zero-order chi connectivity index (χ0) is 23.5. The highest BCUT2D eigenvalue weighted by Crippen LogP contribution is 2.42. The molecule has 176 valence electrons. The zero-order valence-electron chi connectivity index (χ0n) is 19.8. The van der Waals surface area contributed by atoms with Crippen LogP contribution in [-0.4, -0.2) is 36.2 Å². The molecule has 3 rings (SSSR count). The van der Waals surface area contributed by atoms with Gasteiger partial charge in [0.15, 0.2) is 0 Å². The first kappa shape index (κ1) is 24.7. The monoisotopic (exact) mass is 449 g/mol. The largest absolute Gasteiger partial charge is 0.497 e. The van der Waals surface area contributed by atoms with E-state index in [1.54, 1.807) is 7.11 Å². The molecule has 0 spiro atoms. The molecule has 0 aromatic heterocycles. The fourth-order valence-electron chi connectivity index (χ4n) is 4.63. The molecule has 0 amide bonds. The Balaban J connectivity index is 1.67. The summed E-state index contributed by atoms with van der Waals surface area (Å²) in [6, 6.07) is 17.4. The SMILES string of the molecule is CCN(CCC#COC(C(=O)O)(c1ccccc1)C1CCCCC1)Cc1ccc(OC)cc1. The van der Waals surface area contributed by atoms with Crippen LogP contribution in [-0.2, 0) is 21.7 Å². The van der Waals surface area contributed by atoms with E-state index in [0.29, 0.717) is 12.0 Å². The first-order chi connectivity index (χ1) is 16.1. The van der Waals surface area contributed by atoms with Crippen LogP contribution in [0.3, 0.4) is 0 Å². The van der Waals surface area contributed by atoms with E-state index in [4.69, 9.17) is 9.47 Å². The lowest BCUT2D eigenvalue weighted by Crippen LogP contribution is -2.45. The first-order valence-corrected chi connectivity index (χ1v) is 11.9. The van der Waals surface area contributed by atoms with E-state index in [1.165, 1.54) is 5.56 Å². The van der Waals surface area contributed by atoms with E-state index in [9.17, 15) is 9.90 Å². The first-order valence-electron chi connectivity index (χ1n) is 11.9. The van der Waals surface area contributed by atoms with Gasteiger partial charge in [0.2, 0.25) is 5.60 Å². The van der Waals surface area contributed by atoms with E-state index in [1.807, 2.05) is 42.5 Å². The van der Waals surface area contributed by atoms with Crippen LogP contribution in [0.2, 0.25) is 0 Å². The van der Waals surface area contributed by atoms with Gasteiger partial charge >= 0.3 is 5.97 Å². The van der Waals surface area contributed by atoms with Crippen molar-refractivity contribution >= 4 is 5.97 Å². The molecule has 0 saturated heterocycles. The third-order valence-electron chi connectivity index (χ3n) is 6.55. The van der Waals surface area contributed by atoms with Crippen LogP contribution in [0.1, 0.15) is 56.6 Å². The molecule has 5 nitrogen and oxygen atoms in total. The van der Waals surface area contributed by atoms with Gasteiger partial charge in [-0.1, -0.05) is 74.6 Å². The lowest BCUT2D eigenvalue weighted by atomic mass is 9.73. The van der Waals surface area contributed by atoms with Gasteiger partial charge in [-0.15, -0.1) is 0 Å². The number of carbonyl (C=O) groups is 1. The maximum absolute atomic E-state index is 12.6. The fourth-order valence-corrected chi connectivity index (χ4v) is 4.63. The number of nitrogens with zero attached hydrogens (tertiary/aromatic N) is 1. The van der Waals surface area contributed by atoms with Crippen molar-refractivity contribution in [1.29, 1.82) is 0 Å². The molecule has 0 radical (unpaired) electrons. The fraction of sp³-hybridized carbons (Fsp3) is 0.464. The smallest absolute Gasteiger partial charge is 0.354 e. The highest BCUT2D eigenvalue weighted by molar-refractivity contribution is 5.80. The van der Waals surface area contributed by atoms with E-state index in [-0.39, 0.29) is 5.92 Å². The van der Waals surface area contributed by atoms with Crippen LogP contribution in [0, 0.1) is 17.9 Å². The number of hydrogen-bond acceptors (Lipinski definition) is 4. The van der Waals surface area contributed by atoms with Crippen molar-refractivity contribution in [3.63, 3.8) is 0 Å². The Bertz CT molecular complexity index is 926. The highest BCUT2D eigenvalue weighted by atomic mass is 16.5. The zero-order valence-corrected chi connectivity index (χ0v) is 19.8. The average Bonchev–Trinajstić information content (AvgIpc) is 2.86. The number of ether oxygens (including phenoxy) is 2. The van der Waals surface area contributed by atoms with Gasteiger partial charge < -0.3 is 14.6 Å². The second-order valence-corrected chi connectivity index (χ2v) is 8.59. The number of rotatable bonds is 10. The Morgan fingerprint density at radius 2 is 1.79 bits per heavy atom. The van der Waals surface area contributed by atoms with Gasteiger partial charge in [0.25, 0.3) is 0 Å². The Kier molecular flexibility index (Phi) is 9.21. The van der Waals surface area contributed by atoms with Crippen LogP contribution in [0.25, 0.3) is 0 Å². The Labute approximate surface area is 197 Å². The minimum absolute atomic E-state index is 0.0809. The van der Waals surface area contributed by atoms with E-state index < -0.39 is 11.6 Å². The molecule has 1 aliphatic carbocycles. The normalized spacial score (nSPS) is 15.8. The number of carboxylic acid groups (broad SMARTS) is 1. The summed E-state index contributed by atoms with van der Waals surface area (Å²) < 4.78 is 11.2.